The molecule has 0 saturated carbocycles. The Balaban J connectivity index is 1.42. The molecule has 1 heterocycles. The maximum atomic E-state index is 12.0. The molecule has 6 nitrogen and oxygen atoms in total. The second-order valence-corrected chi connectivity index (χ2v) is 6.46. The van der Waals surface area contributed by atoms with Crippen LogP contribution in [0.3, 0.4) is 0 Å². The van der Waals surface area contributed by atoms with Crippen molar-refractivity contribution >= 4 is 17.7 Å². The predicted molar refractivity (Wildman–Crippen MR) is 99.1 cm³/mol. The fourth-order valence-electron chi connectivity index (χ4n) is 2.26. The average Bonchev–Trinajstić information content (AvgIpc) is 3.13. The Kier molecular flexibility index (Phi) is 6.27. The molecule has 0 bridgehead atoms. The maximum Gasteiger partial charge on any atom is 0.277 e. The number of aromatic nitrogens is 2. The normalized spacial score (nSPS) is 10.5. The number of thioether (sulfide) groups is 1. The van der Waals surface area contributed by atoms with Crippen LogP contribution in [0.2, 0.25) is 0 Å². The summed E-state index contributed by atoms with van der Waals surface area (Å²) in [5.41, 5.74) is 2.11. The quantitative estimate of drug-likeness (QED) is 0.615. The lowest BCUT2D eigenvalue weighted by Crippen LogP contribution is -2.24. The van der Waals surface area contributed by atoms with Crippen molar-refractivity contribution in [3.8, 4) is 5.75 Å². The van der Waals surface area contributed by atoms with Crippen molar-refractivity contribution in [2.45, 2.75) is 18.2 Å². The van der Waals surface area contributed by atoms with Crippen molar-refractivity contribution in [2.24, 2.45) is 0 Å². The van der Waals surface area contributed by atoms with Crippen LogP contribution < -0.4 is 10.1 Å². The highest BCUT2D eigenvalue weighted by Gasteiger charge is 2.10. The number of hydrogen-bond donors (Lipinski definition) is 1. The molecular formula is C19H19N3O3S. The van der Waals surface area contributed by atoms with E-state index >= 15 is 0 Å². The fraction of sp³-hybridized carbons (Fsp3) is 0.211. The second kappa shape index (κ2) is 9.05. The maximum absolute atomic E-state index is 12.0. The highest BCUT2D eigenvalue weighted by molar-refractivity contribution is 7.99. The summed E-state index contributed by atoms with van der Waals surface area (Å²) in [6.45, 7) is 0.465. The highest BCUT2D eigenvalue weighted by atomic mass is 32.2. The molecule has 1 amide bonds. The van der Waals surface area contributed by atoms with Gasteiger partial charge < -0.3 is 14.5 Å². The summed E-state index contributed by atoms with van der Waals surface area (Å²) in [6.07, 6.45) is 0.581. The van der Waals surface area contributed by atoms with E-state index in [1.807, 2.05) is 54.6 Å². The number of carbonyl (C=O) groups is 1. The average molecular weight is 369 g/mol. The molecule has 134 valence electrons. The minimum atomic E-state index is -0.0892. The van der Waals surface area contributed by atoms with Crippen molar-refractivity contribution in [3.05, 3.63) is 71.6 Å². The van der Waals surface area contributed by atoms with Crippen molar-refractivity contribution in [3.63, 3.8) is 0 Å². The molecule has 0 radical (unpaired) electrons. The summed E-state index contributed by atoms with van der Waals surface area (Å²) in [6, 6.07) is 17.5. The first-order valence-electron chi connectivity index (χ1n) is 8.11. The first-order valence-corrected chi connectivity index (χ1v) is 9.10. The van der Waals surface area contributed by atoms with Crippen LogP contribution in [0.4, 0.5) is 0 Å². The van der Waals surface area contributed by atoms with Crippen LogP contribution in [0, 0.1) is 0 Å². The number of ether oxygens (including phenoxy) is 1. The minimum Gasteiger partial charge on any atom is -0.497 e. The van der Waals surface area contributed by atoms with E-state index in [0.29, 0.717) is 24.1 Å². The lowest BCUT2D eigenvalue weighted by molar-refractivity contribution is -0.118. The Hall–Kier alpha value is -2.80. The number of hydrogen-bond acceptors (Lipinski definition) is 6. The van der Waals surface area contributed by atoms with Crippen LogP contribution in [-0.2, 0) is 17.8 Å². The van der Waals surface area contributed by atoms with Gasteiger partial charge in [-0.05, 0) is 23.3 Å². The van der Waals surface area contributed by atoms with Crippen LogP contribution in [0.5, 0.6) is 5.75 Å². The number of methoxy groups -OCH3 is 1. The van der Waals surface area contributed by atoms with Gasteiger partial charge in [-0.3, -0.25) is 4.79 Å². The monoisotopic (exact) mass is 369 g/mol. The largest absolute Gasteiger partial charge is 0.497 e. The molecule has 0 fully saturated rings. The van der Waals surface area contributed by atoms with Gasteiger partial charge in [-0.15, -0.1) is 10.2 Å². The molecule has 1 N–H and O–H groups in total. The summed E-state index contributed by atoms with van der Waals surface area (Å²) in [5.74, 6) is 1.47. The number of nitrogens with zero attached hydrogens (tertiary/aromatic N) is 2. The highest BCUT2D eigenvalue weighted by Crippen LogP contribution is 2.17. The number of rotatable bonds is 8. The van der Waals surface area contributed by atoms with Crippen LogP contribution in [0.1, 0.15) is 17.0 Å². The van der Waals surface area contributed by atoms with Crippen molar-refractivity contribution in [1.29, 1.82) is 0 Å². The van der Waals surface area contributed by atoms with Crippen LogP contribution >= 0.6 is 11.8 Å². The lowest BCUT2D eigenvalue weighted by atomic mass is 10.2. The standard InChI is InChI=1S/C19H19N3O3S/c1-24-16-9-7-15(8-10-16)12-20-17(23)13-26-19-22-21-18(25-19)11-14-5-3-2-4-6-14/h2-10H,11-13H2,1H3,(H,20,23). The van der Waals surface area contributed by atoms with E-state index < -0.39 is 0 Å². The molecule has 26 heavy (non-hydrogen) atoms. The molecule has 0 atom stereocenters. The first kappa shape index (κ1) is 18.0. The molecule has 0 aliphatic rings. The molecule has 0 aliphatic heterocycles. The zero-order valence-corrected chi connectivity index (χ0v) is 15.2. The first-order chi connectivity index (χ1) is 12.7. The Morgan fingerprint density at radius 1 is 1.08 bits per heavy atom. The molecule has 0 unspecified atom stereocenters. The molecule has 7 heteroatoms. The summed E-state index contributed by atoms with van der Waals surface area (Å²) >= 11 is 1.23. The van der Waals surface area contributed by atoms with E-state index in [-0.39, 0.29) is 11.7 Å². The van der Waals surface area contributed by atoms with Gasteiger partial charge in [-0.1, -0.05) is 54.2 Å². The number of carbonyl (C=O) groups excluding carboxylic acids is 1. The third-order valence-electron chi connectivity index (χ3n) is 3.62. The number of nitrogens with one attached hydrogen (secondary N) is 1. The van der Waals surface area contributed by atoms with Gasteiger partial charge in [0.05, 0.1) is 19.3 Å². The van der Waals surface area contributed by atoms with Crippen molar-refractivity contribution in [2.75, 3.05) is 12.9 Å². The van der Waals surface area contributed by atoms with E-state index in [2.05, 4.69) is 15.5 Å². The Labute approximate surface area is 156 Å². The van der Waals surface area contributed by atoms with Gasteiger partial charge in [-0.25, -0.2) is 0 Å². The zero-order chi connectivity index (χ0) is 18.2. The van der Waals surface area contributed by atoms with Crippen molar-refractivity contribution in [1.82, 2.24) is 15.5 Å². The lowest BCUT2D eigenvalue weighted by Gasteiger charge is -2.05. The topological polar surface area (TPSA) is 77.2 Å². The van der Waals surface area contributed by atoms with Gasteiger partial charge >= 0.3 is 0 Å². The van der Waals surface area contributed by atoms with E-state index in [1.54, 1.807) is 7.11 Å². The third kappa shape index (κ3) is 5.35. The molecular weight excluding hydrogens is 350 g/mol. The second-order valence-electron chi connectivity index (χ2n) is 5.54. The van der Waals surface area contributed by atoms with E-state index in [1.165, 1.54) is 11.8 Å². The van der Waals surface area contributed by atoms with Crippen molar-refractivity contribution < 1.29 is 13.9 Å². The number of amides is 1. The summed E-state index contributed by atoms with van der Waals surface area (Å²) in [7, 11) is 1.62. The molecule has 3 aromatic rings. The van der Waals surface area contributed by atoms with Gasteiger partial charge in [-0.2, -0.15) is 0 Å². The summed E-state index contributed by atoms with van der Waals surface area (Å²) < 4.78 is 10.7. The molecule has 0 spiro atoms. The third-order valence-corrected chi connectivity index (χ3v) is 4.44. The predicted octanol–water partition coefficient (Wildman–Crippen LogP) is 3.08. The Morgan fingerprint density at radius 2 is 1.85 bits per heavy atom. The van der Waals surface area contributed by atoms with Gasteiger partial charge in [0.15, 0.2) is 0 Å². The Morgan fingerprint density at radius 3 is 2.58 bits per heavy atom. The molecule has 0 aliphatic carbocycles. The number of benzene rings is 2. The van der Waals surface area contributed by atoms with Gasteiger partial charge in [0.1, 0.15) is 5.75 Å². The summed E-state index contributed by atoms with van der Waals surface area (Å²) in [5, 5.41) is 11.3. The van der Waals surface area contributed by atoms with Gasteiger partial charge in [0.25, 0.3) is 5.22 Å². The van der Waals surface area contributed by atoms with Gasteiger partial charge in [0.2, 0.25) is 11.8 Å². The van der Waals surface area contributed by atoms with Crippen LogP contribution in [-0.4, -0.2) is 29.0 Å². The van der Waals surface area contributed by atoms with Crippen LogP contribution in [0.25, 0.3) is 0 Å². The van der Waals surface area contributed by atoms with Crippen LogP contribution in [0.15, 0.2) is 64.2 Å². The van der Waals surface area contributed by atoms with E-state index in [9.17, 15) is 4.79 Å². The minimum absolute atomic E-state index is 0.0892. The molecule has 2 aromatic carbocycles. The molecule has 1 aromatic heterocycles. The SMILES string of the molecule is COc1ccc(CNC(=O)CSc2nnc(Cc3ccccc3)o2)cc1. The smallest absolute Gasteiger partial charge is 0.277 e. The zero-order valence-electron chi connectivity index (χ0n) is 14.3. The van der Waals surface area contributed by atoms with E-state index in [0.717, 1.165) is 16.9 Å². The van der Waals surface area contributed by atoms with E-state index in [4.69, 9.17) is 9.15 Å². The Bertz CT molecular complexity index is 835. The summed E-state index contributed by atoms with van der Waals surface area (Å²) in [4.78, 5) is 12.0. The van der Waals surface area contributed by atoms with Gasteiger partial charge in [0, 0.05) is 6.54 Å². The fourth-order valence-corrected chi connectivity index (χ4v) is 2.87. The molecule has 0 saturated heterocycles. The molecule has 3 rings (SSSR count).